The molecule has 3 heteroatoms. The Morgan fingerprint density at radius 3 is 1.29 bits per heavy atom. The first-order valence-electron chi connectivity index (χ1n) is 18.7. The van der Waals surface area contributed by atoms with Gasteiger partial charge in [0.2, 0.25) is 0 Å². The highest BCUT2D eigenvalue weighted by atomic mass is 14.9. The van der Waals surface area contributed by atoms with E-state index < -0.39 is 0 Å². The number of hydrogen-bond acceptors (Lipinski definition) is 3. The maximum absolute atomic E-state index is 5.24. The van der Waals surface area contributed by atoms with Gasteiger partial charge < -0.3 is 0 Å². The lowest BCUT2D eigenvalue weighted by atomic mass is 9.90. The molecule has 0 atom stereocenters. The molecule has 8 aromatic carbocycles. The number of benzene rings is 8. The maximum Gasteiger partial charge on any atom is 0.160 e. The van der Waals surface area contributed by atoms with Crippen molar-refractivity contribution in [2.75, 3.05) is 0 Å². The van der Waals surface area contributed by atoms with Crippen LogP contribution in [-0.4, -0.2) is 15.0 Å². The topological polar surface area (TPSA) is 38.7 Å². The van der Waals surface area contributed by atoms with Gasteiger partial charge in [-0.05, 0) is 104 Å². The third-order valence-corrected chi connectivity index (χ3v) is 10.5. The molecular formula is C52H35N3. The van der Waals surface area contributed by atoms with Gasteiger partial charge in [0.1, 0.15) is 0 Å². The molecule has 3 nitrogen and oxygen atoms in total. The summed E-state index contributed by atoms with van der Waals surface area (Å²) < 4.78 is 0. The van der Waals surface area contributed by atoms with Crippen LogP contribution >= 0.6 is 0 Å². The molecule has 0 aliphatic heterocycles. The predicted octanol–water partition coefficient (Wildman–Crippen LogP) is 13.6. The van der Waals surface area contributed by atoms with Crippen LogP contribution in [0.25, 0.3) is 99.7 Å². The van der Waals surface area contributed by atoms with Crippen LogP contribution < -0.4 is 0 Å². The minimum absolute atomic E-state index is 0.682. The minimum Gasteiger partial charge on any atom is -0.253 e. The highest BCUT2D eigenvalue weighted by molar-refractivity contribution is 6.25. The van der Waals surface area contributed by atoms with Gasteiger partial charge in [-0.2, -0.15) is 0 Å². The van der Waals surface area contributed by atoms with Crippen molar-refractivity contribution in [3.8, 4) is 67.4 Å². The van der Waals surface area contributed by atoms with E-state index in [1.54, 1.807) is 0 Å². The standard InChI is InChI=1S/C52H35N3/c1-34-13-12-22-49(53-34)38-25-23-35(24-26-38)40-29-41(39-27-28-47-45-20-9-8-18-43(45)44-19-10-11-21-46(44)48(47)32-39)31-42(30-40)52-54-50(36-14-4-2-5-15-36)33-51(55-52)37-16-6-3-7-17-37/h2-33H,1H3. The van der Waals surface area contributed by atoms with Gasteiger partial charge in [0, 0.05) is 27.9 Å². The van der Waals surface area contributed by atoms with Crippen molar-refractivity contribution >= 4 is 32.3 Å². The molecule has 0 amide bonds. The number of rotatable bonds is 6. The maximum atomic E-state index is 5.24. The summed E-state index contributed by atoms with van der Waals surface area (Å²) >= 11 is 0. The van der Waals surface area contributed by atoms with Gasteiger partial charge in [-0.25, -0.2) is 9.97 Å². The third kappa shape index (κ3) is 6.12. The van der Waals surface area contributed by atoms with Crippen LogP contribution in [0, 0.1) is 6.92 Å². The van der Waals surface area contributed by atoms with E-state index >= 15 is 0 Å². The average Bonchev–Trinajstić information content (AvgIpc) is 3.26. The molecule has 10 rings (SSSR count). The third-order valence-electron chi connectivity index (χ3n) is 10.5. The predicted molar refractivity (Wildman–Crippen MR) is 230 cm³/mol. The quantitative estimate of drug-likeness (QED) is 0.162. The first-order chi connectivity index (χ1) is 27.1. The number of hydrogen-bond donors (Lipinski definition) is 0. The SMILES string of the molecule is Cc1cccc(-c2ccc(-c3cc(-c4ccc5c6ccccc6c6ccccc6c5c4)cc(-c4nc(-c5ccccc5)cc(-c5ccccc5)n4)c3)cc2)n1. The molecule has 0 fully saturated rings. The molecule has 2 aromatic heterocycles. The Kier molecular flexibility index (Phi) is 8.04. The van der Waals surface area contributed by atoms with Crippen molar-refractivity contribution in [1.29, 1.82) is 0 Å². The lowest BCUT2D eigenvalue weighted by Gasteiger charge is -2.15. The fourth-order valence-electron chi connectivity index (χ4n) is 7.80. The van der Waals surface area contributed by atoms with Crippen molar-refractivity contribution < 1.29 is 0 Å². The number of pyridine rings is 1. The fourth-order valence-corrected chi connectivity index (χ4v) is 7.80. The first-order valence-corrected chi connectivity index (χ1v) is 18.7. The molecule has 0 N–H and O–H groups in total. The van der Waals surface area contributed by atoms with E-state index in [2.05, 4.69) is 176 Å². The molecule has 0 aliphatic rings. The Morgan fingerprint density at radius 1 is 0.255 bits per heavy atom. The van der Waals surface area contributed by atoms with Crippen molar-refractivity contribution in [3.05, 3.63) is 200 Å². The highest BCUT2D eigenvalue weighted by Crippen LogP contribution is 2.39. The second-order valence-electron chi connectivity index (χ2n) is 14.1. The zero-order chi connectivity index (χ0) is 36.7. The van der Waals surface area contributed by atoms with E-state index in [4.69, 9.17) is 15.0 Å². The Bertz CT molecular complexity index is 2930. The molecule has 0 saturated heterocycles. The number of aryl methyl sites for hydroxylation is 1. The zero-order valence-electron chi connectivity index (χ0n) is 30.3. The average molecular weight is 702 g/mol. The van der Waals surface area contributed by atoms with E-state index in [9.17, 15) is 0 Å². The molecule has 0 spiro atoms. The van der Waals surface area contributed by atoms with E-state index in [-0.39, 0.29) is 0 Å². The molecule has 0 bridgehead atoms. The van der Waals surface area contributed by atoms with Gasteiger partial charge in [0.05, 0.1) is 17.1 Å². The molecule has 0 radical (unpaired) electrons. The molecule has 10 aromatic rings. The fraction of sp³-hybridized carbons (Fsp3) is 0.0192. The molecular weight excluding hydrogens is 667 g/mol. The van der Waals surface area contributed by atoms with Gasteiger partial charge in [0.25, 0.3) is 0 Å². The summed E-state index contributed by atoms with van der Waals surface area (Å²) in [6.45, 7) is 2.03. The van der Waals surface area contributed by atoms with Gasteiger partial charge in [-0.15, -0.1) is 0 Å². The second kappa shape index (κ2) is 13.6. The highest BCUT2D eigenvalue weighted by Gasteiger charge is 2.16. The van der Waals surface area contributed by atoms with Crippen LogP contribution in [0.2, 0.25) is 0 Å². The van der Waals surface area contributed by atoms with Crippen LogP contribution in [0.1, 0.15) is 5.69 Å². The summed E-state index contributed by atoms with van der Waals surface area (Å²) in [6, 6.07) is 68.8. The summed E-state index contributed by atoms with van der Waals surface area (Å²) in [4.78, 5) is 15.2. The van der Waals surface area contributed by atoms with Crippen LogP contribution in [0.15, 0.2) is 194 Å². The summed E-state index contributed by atoms with van der Waals surface area (Å²) in [6.07, 6.45) is 0. The van der Waals surface area contributed by atoms with Crippen LogP contribution in [0.4, 0.5) is 0 Å². The van der Waals surface area contributed by atoms with Crippen LogP contribution in [-0.2, 0) is 0 Å². The Morgan fingerprint density at radius 2 is 0.709 bits per heavy atom. The first kappa shape index (κ1) is 32.4. The Balaban J connectivity index is 1.19. The van der Waals surface area contributed by atoms with Crippen LogP contribution in [0.5, 0.6) is 0 Å². The normalized spacial score (nSPS) is 11.4. The molecule has 0 unspecified atom stereocenters. The van der Waals surface area contributed by atoms with Crippen molar-refractivity contribution in [2.45, 2.75) is 6.92 Å². The monoisotopic (exact) mass is 701 g/mol. The van der Waals surface area contributed by atoms with Crippen molar-refractivity contribution in [3.63, 3.8) is 0 Å². The Hall–Kier alpha value is -7.23. The summed E-state index contributed by atoms with van der Waals surface area (Å²) in [5, 5.41) is 7.54. The van der Waals surface area contributed by atoms with Crippen LogP contribution in [0.3, 0.4) is 0 Å². The smallest absolute Gasteiger partial charge is 0.160 e. The van der Waals surface area contributed by atoms with Gasteiger partial charge in [-0.3, -0.25) is 4.98 Å². The Labute approximate surface area is 320 Å². The number of nitrogens with zero attached hydrogens (tertiary/aromatic N) is 3. The molecule has 258 valence electrons. The number of fused-ring (bicyclic) bond motifs is 6. The van der Waals surface area contributed by atoms with Crippen molar-refractivity contribution in [2.24, 2.45) is 0 Å². The molecule has 2 heterocycles. The molecule has 0 aliphatic carbocycles. The van der Waals surface area contributed by atoms with Gasteiger partial charge in [-0.1, -0.05) is 152 Å². The molecule has 0 saturated carbocycles. The lowest BCUT2D eigenvalue weighted by Crippen LogP contribution is -1.97. The molecule has 55 heavy (non-hydrogen) atoms. The largest absolute Gasteiger partial charge is 0.253 e. The summed E-state index contributed by atoms with van der Waals surface area (Å²) in [7, 11) is 0. The summed E-state index contributed by atoms with van der Waals surface area (Å²) in [5.41, 5.74) is 12.3. The second-order valence-corrected chi connectivity index (χ2v) is 14.1. The van der Waals surface area contributed by atoms with Crippen molar-refractivity contribution in [1.82, 2.24) is 15.0 Å². The van der Waals surface area contributed by atoms with E-state index in [0.717, 1.165) is 67.3 Å². The lowest BCUT2D eigenvalue weighted by molar-refractivity contribution is 1.18. The summed E-state index contributed by atoms with van der Waals surface area (Å²) in [5.74, 6) is 0.682. The van der Waals surface area contributed by atoms with E-state index in [1.807, 2.05) is 25.1 Å². The van der Waals surface area contributed by atoms with E-state index in [0.29, 0.717) is 5.82 Å². The van der Waals surface area contributed by atoms with E-state index in [1.165, 1.54) is 32.3 Å². The zero-order valence-corrected chi connectivity index (χ0v) is 30.3. The van der Waals surface area contributed by atoms with Gasteiger partial charge in [0.15, 0.2) is 5.82 Å². The van der Waals surface area contributed by atoms with Gasteiger partial charge >= 0.3 is 0 Å². The number of aromatic nitrogens is 3. The minimum atomic E-state index is 0.682.